The number of hydrogen-bond donors (Lipinski definition) is 1. The molecule has 2 aliphatic rings. The quantitative estimate of drug-likeness (QED) is 0.392. The number of aryl methyl sites for hydroxylation is 2. The van der Waals surface area contributed by atoms with Gasteiger partial charge in [0.2, 0.25) is 5.88 Å². The molecule has 4 rings (SSSR count). The van der Waals surface area contributed by atoms with E-state index in [1.54, 1.807) is 6.20 Å². The van der Waals surface area contributed by atoms with E-state index in [2.05, 4.69) is 31.0 Å². The summed E-state index contributed by atoms with van der Waals surface area (Å²) < 4.78 is 8.29. The molecule has 4 heterocycles. The fourth-order valence-electron chi connectivity index (χ4n) is 3.83. The van der Waals surface area contributed by atoms with Crippen LogP contribution in [0.15, 0.2) is 35.6 Å². The Morgan fingerprint density at radius 2 is 2.25 bits per heavy atom. The number of aromatic nitrogens is 3. The smallest absolute Gasteiger partial charge is 0.213 e. The second-order valence-corrected chi connectivity index (χ2v) is 7.17. The summed E-state index contributed by atoms with van der Waals surface area (Å²) in [6.07, 6.45) is 9.66. The highest BCUT2D eigenvalue weighted by molar-refractivity contribution is 14.0. The highest BCUT2D eigenvalue weighted by Gasteiger charge is 2.26. The third-order valence-electron chi connectivity index (χ3n) is 5.20. The first-order valence-corrected chi connectivity index (χ1v) is 9.90. The molecule has 1 N–H and O–H groups in total. The summed E-state index contributed by atoms with van der Waals surface area (Å²) in [5.41, 5.74) is 1.17. The second kappa shape index (κ2) is 10.1. The molecule has 152 valence electrons. The van der Waals surface area contributed by atoms with Gasteiger partial charge in [-0.05, 0) is 18.9 Å². The van der Waals surface area contributed by atoms with E-state index >= 15 is 0 Å². The molecule has 0 amide bonds. The van der Waals surface area contributed by atoms with E-state index in [1.165, 1.54) is 24.4 Å². The van der Waals surface area contributed by atoms with Crippen molar-refractivity contribution in [1.29, 1.82) is 0 Å². The van der Waals surface area contributed by atoms with Crippen molar-refractivity contribution in [1.82, 2.24) is 24.8 Å². The predicted molar refractivity (Wildman–Crippen MR) is 120 cm³/mol. The fourth-order valence-corrected chi connectivity index (χ4v) is 3.83. The van der Waals surface area contributed by atoms with Crippen LogP contribution in [0.3, 0.4) is 0 Å². The molecule has 0 aromatic carbocycles. The Balaban J connectivity index is 0.00000225. The van der Waals surface area contributed by atoms with Gasteiger partial charge in [0.15, 0.2) is 5.96 Å². The standard InChI is InChI=1S/C20H28N6O.HI/c1-21-20(23-11-8-16-14-25-12-5-3-6-18(25)24-16)26-13-9-17(15-26)27-19-7-2-4-10-22-19;/h2,4,7,10,14,17H,3,5-6,8-9,11-13,15H2,1H3,(H,21,23);1H. The molecule has 0 bridgehead atoms. The van der Waals surface area contributed by atoms with Crippen LogP contribution in [0, 0.1) is 0 Å². The first kappa shape index (κ1) is 20.9. The Kier molecular flexibility index (Phi) is 7.52. The molecule has 1 atom stereocenters. The molecule has 2 aliphatic heterocycles. The van der Waals surface area contributed by atoms with Crippen LogP contribution < -0.4 is 10.1 Å². The minimum Gasteiger partial charge on any atom is -0.472 e. The van der Waals surface area contributed by atoms with Crippen molar-refractivity contribution >= 4 is 29.9 Å². The number of pyridine rings is 1. The SMILES string of the molecule is CN=C(NCCc1cn2c(n1)CCCC2)N1CCC(Oc2ccccn2)C1.I. The van der Waals surface area contributed by atoms with Crippen LogP contribution in [0.5, 0.6) is 5.88 Å². The molecule has 7 nitrogen and oxygen atoms in total. The van der Waals surface area contributed by atoms with Gasteiger partial charge in [0.05, 0.1) is 12.2 Å². The third-order valence-corrected chi connectivity index (χ3v) is 5.20. The third kappa shape index (κ3) is 5.15. The summed E-state index contributed by atoms with van der Waals surface area (Å²) in [5.74, 6) is 2.87. The van der Waals surface area contributed by atoms with Gasteiger partial charge in [-0.15, -0.1) is 24.0 Å². The van der Waals surface area contributed by atoms with E-state index in [4.69, 9.17) is 9.72 Å². The van der Waals surface area contributed by atoms with E-state index in [0.717, 1.165) is 51.4 Å². The average molecular weight is 496 g/mol. The van der Waals surface area contributed by atoms with Gasteiger partial charge in [-0.1, -0.05) is 6.07 Å². The Labute approximate surface area is 183 Å². The molecular weight excluding hydrogens is 467 g/mol. The van der Waals surface area contributed by atoms with Crippen LogP contribution >= 0.6 is 24.0 Å². The van der Waals surface area contributed by atoms with Crippen molar-refractivity contribution in [2.45, 2.75) is 44.8 Å². The highest BCUT2D eigenvalue weighted by Crippen LogP contribution is 2.17. The van der Waals surface area contributed by atoms with Gasteiger partial charge in [-0.25, -0.2) is 9.97 Å². The van der Waals surface area contributed by atoms with Crippen molar-refractivity contribution in [3.05, 3.63) is 42.1 Å². The first-order valence-electron chi connectivity index (χ1n) is 9.90. The lowest BCUT2D eigenvalue weighted by Gasteiger charge is -2.21. The summed E-state index contributed by atoms with van der Waals surface area (Å²) in [6, 6.07) is 5.75. The Hall–Kier alpha value is -1.84. The zero-order chi connectivity index (χ0) is 18.5. The molecule has 2 aromatic rings. The van der Waals surface area contributed by atoms with Crippen molar-refractivity contribution in [3.8, 4) is 5.88 Å². The van der Waals surface area contributed by atoms with Crippen LogP contribution in [-0.2, 0) is 19.4 Å². The zero-order valence-corrected chi connectivity index (χ0v) is 18.7. The number of hydrogen-bond acceptors (Lipinski definition) is 4. The Bertz CT molecular complexity index is 755. The summed E-state index contributed by atoms with van der Waals surface area (Å²) in [5, 5.41) is 3.48. The molecule has 1 saturated heterocycles. The number of aliphatic imine (C=N–C) groups is 1. The van der Waals surface area contributed by atoms with E-state index in [0.29, 0.717) is 5.88 Å². The summed E-state index contributed by atoms with van der Waals surface area (Å²) in [6.45, 7) is 3.72. The normalized spacial score (nSPS) is 19.1. The molecule has 8 heteroatoms. The monoisotopic (exact) mass is 496 g/mol. The first-order chi connectivity index (χ1) is 13.3. The van der Waals surface area contributed by atoms with Crippen LogP contribution in [0.4, 0.5) is 0 Å². The molecule has 1 fully saturated rings. The van der Waals surface area contributed by atoms with Crippen molar-refractivity contribution < 1.29 is 4.74 Å². The van der Waals surface area contributed by atoms with Crippen LogP contribution in [0.1, 0.15) is 30.8 Å². The summed E-state index contributed by atoms with van der Waals surface area (Å²) >= 11 is 0. The topological polar surface area (TPSA) is 67.6 Å². The van der Waals surface area contributed by atoms with Crippen molar-refractivity contribution in [2.24, 2.45) is 4.99 Å². The maximum atomic E-state index is 5.97. The molecule has 28 heavy (non-hydrogen) atoms. The van der Waals surface area contributed by atoms with E-state index in [1.807, 2.05) is 25.2 Å². The largest absolute Gasteiger partial charge is 0.472 e. The number of rotatable bonds is 5. The zero-order valence-electron chi connectivity index (χ0n) is 16.4. The average Bonchev–Trinajstić information content (AvgIpc) is 3.32. The lowest BCUT2D eigenvalue weighted by atomic mass is 10.2. The van der Waals surface area contributed by atoms with E-state index in [9.17, 15) is 0 Å². The Morgan fingerprint density at radius 3 is 3.04 bits per heavy atom. The van der Waals surface area contributed by atoms with Crippen LogP contribution in [0.2, 0.25) is 0 Å². The second-order valence-electron chi connectivity index (χ2n) is 7.17. The number of imidazole rings is 1. The van der Waals surface area contributed by atoms with Gasteiger partial charge in [0.1, 0.15) is 11.9 Å². The maximum Gasteiger partial charge on any atom is 0.213 e. The summed E-state index contributed by atoms with van der Waals surface area (Å²) in [7, 11) is 1.84. The molecule has 0 radical (unpaired) electrons. The molecular formula is C20H29IN6O. The Morgan fingerprint density at radius 1 is 1.32 bits per heavy atom. The number of likely N-dealkylation sites (tertiary alicyclic amines) is 1. The van der Waals surface area contributed by atoms with Crippen LogP contribution in [0.25, 0.3) is 0 Å². The molecule has 0 aliphatic carbocycles. The molecule has 0 spiro atoms. The molecule has 0 saturated carbocycles. The lowest BCUT2D eigenvalue weighted by Crippen LogP contribution is -2.41. The van der Waals surface area contributed by atoms with Gasteiger partial charge in [0.25, 0.3) is 0 Å². The van der Waals surface area contributed by atoms with Gasteiger partial charge in [-0.3, -0.25) is 4.99 Å². The number of ether oxygens (including phenoxy) is 1. The fraction of sp³-hybridized carbons (Fsp3) is 0.550. The van der Waals surface area contributed by atoms with E-state index < -0.39 is 0 Å². The van der Waals surface area contributed by atoms with Gasteiger partial charge in [-0.2, -0.15) is 0 Å². The van der Waals surface area contributed by atoms with Crippen LogP contribution in [-0.4, -0.2) is 58.2 Å². The maximum absolute atomic E-state index is 5.97. The predicted octanol–water partition coefficient (Wildman–Crippen LogP) is 2.50. The summed E-state index contributed by atoms with van der Waals surface area (Å²) in [4.78, 5) is 15.7. The van der Waals surface area contributed by atoms with Gasteiger partial charge >= 0.3 is 0 Å². The van der Waals surface area contributed by atoms with Gasteiger partial charge in [0, 0.05) is 64.4 Å². The molecule has 2 aromatic heterocycles. The number of halogens is 1. The lowest BCUT2D eigenvalue weighted by molar-refractivity contribution is 0.205. The van der Waals surface area contributed by atoms with E-state index in [-0.39, 0.29) is 30.1 Å². The number of guanidine groups is 1. The minimum absolute atomic E-state index is 0. The van der Waals surface area contributed by atoms with Gasteiger partial charge < -0.3 is 19.5 Å². The number of nitrogens with zero attached hydrogens (tertiary/aromatic N) is 5. The number of nitrogens with one attached hydrogen (secondary N) is 1. The van der Waals surface area contributed by atoms with Crippen molar-refractivity contribution in [3.63, 3.8) is 0 Å². The highest BCUT2D eigenvalue weighted by atomic mass is 127. The molecule has 1 unspecified atom stereocenters. The number of fused-ring (bicyclic) bond motifs is 1. The minimum atomic E-state index is 0. The van der Waals surface area contributed by atoms with Crippen molar-refractivity contribution in [2.75, 3.05) is 26.7 Å².